The molecule has 2 heterocycles. The number of fused-ring (bicyclic) bond motifs is 1. The van der Waals surface area contributed by atoms with Gasteiger partial charge in [-0.15, -0.1) is 0 Å². The highest BCUT2D eigenvalue weighted by atomic mass is 32.2. The van der Waals surface area contributed by atoms with Crippen LogP contribution in [0.2, 0.25) is 0 Å². The monoisotopic (exact) mass is 426 g/mol. The number of amides is 1. The zero-order valence-corrected chi connectivity index (χ0v) is 17.3. The Morgan fingerprint density at radius 1 is 1.13 bits per heavy atom. The molecule has 8 heteroatoms. The second kappa shape index (κ2) is 8.33. The van der Waals surface area contributed by atoms with E-state index in [9.17, 15) is 13.2 Å². The number of benzene rings is 2. The van der Waals surface area contributed by atoms with E-state index < -0.39 is 15.9 Å². The van der Waals surface area contributed by atoms with Gasteiger partial charge in [0.25, 0.3) is 0 Å². The number of sulfonamides is 1. The van der Waals surface area contributed by atoms with Crippen molar-refractivity contribution >= 4 is 38.7 Å². The van der Waals surface area contributed by atoms with E-state index in [1.54, 1.807) is 37.5 Å². The van der Waals surface area contributed by atoms with Gasteiger partial charge in [-0.3, -0.25) is 4.79 Å². The van der Waals surface area contributed by atoms with Crippen molar-refractivity contribution in [2.24, 2.45) is 0 Å². The number of hydrogen-bond donors (Lipinski definition) is 1. The number of ether oxygens (including phenoxy) is 1. The first kappa shape index (κ1) is 20.2. The Bertz CT molecular complexity index is 1210. The lowest BCUT2D eigenvalue weighted by atomic mass is 10.2. The molecule has 30 heavy (non-hydrogen) atoms. The summed E-state index contributed by atoms with van der Waals surface area (Å²) in [6.07, 6.45) is 4.63. The zero-order valence-electron chi connectivity index (χ0n) is 16.5. The highest BCUT2D eigenvalue weighted by Gasteiger charge is 2.27. The minimum Gasteiger partial charge on any atom is -0.493 e. The first-order chi connectivity index (χ1) is 14.5. The number of nitrogens with one attached hydrogen (secondary N) is 1. The van der Waals surface area contributed by atoms with Crippen LogP contribution in [0.15, 0.2) is 63.9 Å². The highest BCUT2D eigenvalue weighted by Crippen LogP contribution is 2.29. The number of carbonyl (C=O) groups is 1. The topological polar surface area (TPSA) is 88.8 Å². The van der Waals surface area contributed by atoms with Crippen LogP contribution in [0.1, 0.15) is 18.6 Å². The Hall–Kier alpha value is -3.10. The second-order valence-corrected chi connectivity index (χ2v) is 8.93. The summed E-state index contributed by atoms with van der Waals surface area (Å²) in [7, 11) is -1.97. The van der Waals surface area contributed by atoms with Crippen molar-refractivity contribution < 1.29 is 22.4 Å². The zero-order chi connectivity index (χ0) is 21.1. The van der Waals surface area contributed by atoms with Crippen LogP contribution in [-0.2, 0) is 14.8 Å². The largest absolute Gasteiger partial charge is 0.493 e. The summed E-state index contributed by atoms with van der Waals surface area (Å²) in [4.78, 5) is 12.5. The van der Waals surface area contributed by atoms with E-state index in [1.165, 1.54) is 16.4 Å². The number of furan rings is 1. The van der Waals surface area contributed by atoms with Crippen LogP contribution in [0.25, 0.3) is 17.0 Å². The Labute approximate surface area is 175 Å². The lowest BCUT2D eigenvalue weighted by Gasteiger charge is -2.16. The normalized spacial score (nSPS) is 15.1. The Kier molecular flexibility index (Phi) is 5.61. The maximum Gasteiger partial charge on any atom is 0.248 e. The van der Waals surface area contributed by atoms with Gasteiger partial charge in [0.15, 0.2) is 11.3 Å². The molecule has 1 aliphatic heterocycles. The molecular formula is C22H22N2O5S. The van der Waals surface area contributed by atoms with Crippen LogP contribution in [0.4, 0.5) is 5.69 Å². The third kappa shape index (κ3) is 4.10. The predicted molar refractivity (Wildman–Crippen MR) is 115 cm³/mol. The number of methoxy groups -OCH3 is 1. The molecule has 0 atom stereocenters. The van der Waals surface area contributed by atoms with E-state index in [2.05, 4.69) is 5.32 Å². The number of rotatable bonds is 6. The summed E-state index contributed by atoms with van der Waals surface area (Å²) in [6.45, 7) is 1.06. The van der Waals surface area contributed by atoms with Crippen molar-refractivity contribution in [3.63, 3.8) is 0 Å². The first-order valence-corrected chi connectivity index (χ1v) is 11.1. The Balaban J connectivity index is 1.48. The lowest BCUT2D eigenvalue weighted by molar-refractivity contribution is -0.111. The molecule has 0 saturated carbocycles. The molecule has 0 radical (unpaired) electrons. The summed E-state index contributed by atoms with van der Waals surface area (Å²) in [5, 5.41) is 3.57. The summed E-state index contributed by atoms with van der Waals surface area (Å²) in [5.74, 6) is 0.737. The van der Waals surface area contributed by atoms with Crippen LogP contribution in [-0.4, -0.2) is 38.8 Å². The number of carbonyl (C=O) groups excluding carboxylic acids is 1. The van der Waals surface area contributed by atoms with E-state index in [-0.39, 0.29) is 4.90 Å². The molecule has 7 nitrogen and oxygen atoms in total. The first-order valence-electron chi connectivity index (χ1n) is 9.63. The van der Waals surface area contributed by atoms with Crippen LogP contribution in [0, 0.1) is 0 Å². The number of nitrogens with zero attached hydrogens (tertiary/aromatic N) is 1. The average molecular weight is 426 g/mol. The van der Waals surface area contributed by atoms with Crippen LogP contribution in [0.3, 0.4) is 0 Å². The molecule has 1 saturated heterocycles. The van der Waals surface area contributed by atoms with E-state index in [0.29, 0.717) is 35.9 Å². The van der Waals surface area contributed by atoms with E-state index in [0.717, 1.165) is 18.2 Å². The predicted octanol–water partition coefficient (Wildman–Crippen LogP) is 3.88. The van der Waals surface area contributed by atoms with Gasteiger partial charge < -0.3 is 14.5 Å². The van der Waals surface area contributed by atoms with Gasteiger partial charge in [0, 0.05) is 30.2 Å². The van der Waals surface area contributed by atoms with E-state index in [4.69, 9.17) is 9.15 Å². The van der Waals surface area contributed by atoms with Crippen molar-refractivity contribution in [2.45, 2.75) is 17.7 Å². The van der Waals surface area contributed by atoms with Gasteiger partial charge in [-0.05, 0) is 49.2 Å². The summed E-state index contributed by atoms with van der Waals surface area (Å²) in [6, 6.07) is 13.7. The fourth-order valence-corrected chi connectivity index (χ4v) is 5.02. The molecule has 1 aliphatic rings. The van der Waals surface area contributed by atoms with Gasteiger partial charge in [0.1, 0.15) is 5.76 Å². The van der Waals surface area contributed by atoms with Crippen molar-refractivity contribution in [3.05, 3.63) is 60.4 Å². The van der Waals surface area contributed by atoms with Crippen molar-refractivity contribution in [1.29, 1.82) is 0 Å². The SMILES string of the molecule is COc1cccc2cc(/C=C/C(=O)Nc3cccc(S(=O)(=O)N4CCCC4)c3)oc12. The fourth-order valence-electron chi connectivity index (χ4n) is 3.45. The molecule has 1 aromatic heterocycles. The molecule has 4 rings (SSSR count). The van der Waals surface area contributed by atoms with Crippen molar-refractivity contribution in [3.8, 4) is 5.75 Å². The van der Waals surface area contributed by atoms with Crippen LogP contribution in [0.5, 0.6) is 5.75 Å². The summed E-state index contributed by atoms with van der Waals surface area (Å²) >= 11 is 0. The lowest BCUT2D eigenvalue weighted by Crippen LogP contribution is -2.27. The standard InChI is InChI=1S/C22H22N2O5S/c1-28-20-9-4-6-16-14-18(29-22(16)20)10-11-21(25)23-17-7-5-8-19(15-17)30(26,27)24-12-2-3-13-24/h4-11,14-15H,2-3,12-13H2,1H3,(H,23,25)/b11-10+. The van der Waals surface area contributed by atoms with Crippen LogP contribution >= 0.6 is 0 Å². The molecule has 156 valence electrons. The van der Waals surface area contributed by atoms with Gasteiger partial charge in [-0.2, -0.15) is 4.31 Å². The van der Waals surface area contributed by atoms with Gasteiger partial charge in [0.2, 0.25) is 15.9 Å². The fraction of sp³-hybridized carbons (Fsp3) is 0.227. The molecule has 0 aliphatic carbocycles. The highest BCUT2D eigenvalue weighted by molar-refractivity contribution is 7.89. The maximum absolute atomic E-state index is 12.7. The molecule has 3 aromatic rings. The molecule has 2 aromatic carbocycles. The molecule has 1 fully saturated rings. The van der Waals surface area contributed by atoms with Gasteiger partial charge in [-0.25, -0.2) is 8.42 Å². The molecule has 0 bridgehead atoms. The third-order valence-electron chi connectivity index (χ3n) is 4.95. The molecule has 0 spiro atoms. The quantitative estimate of drug-likeness (QED) is 0.605. The van der Waals surface area contributed by atoms with Gasteiger partial charge in [-0.1, -0.05) is 18.2 Å². The molecule has 1 N–H and O–H groups in total. The van der Waals surface area contributed by atoms with Gasteiger partial charge >= 0.3 is 0 Å². The maximum atomic E-state index is 12.7. The molecular weight excluding hydrogens is 404 g/mol. The van der Waals surface area contributed by atoms with Crippen molar-refractivity contribution in [2.75, 3.05) is 25.5 Å². The van der Waals surface area contributed by atoms with Gasteiger partial charge in [0.05, 0.1) is 12.0 Å². The van der Waals surface area contributed by atoms with Crippen LogP contribution < -0.4 is 10.1 Å². The minimum absolute atomic E-state index is 0.176. The third-order valence-corrected chi connectivity index (χ3v) is 6.84. The van der Waals surface area contributed by atoms with Crippen molar-refractivity contribution in [1.82, 2.24) is 4.31 Å². The summed E-state index contributed by atoms with van der Waals surface area (Å²) in [5.41, 5.74) is 1.02. The minimum atomic E-state index is -3.54. The number of anilines is 1. The average Bonchev–Trinajstić information content (AvgIpc) is 3.42. The number of hydrogen-bond acceptors (Lipinski definition) is 5. The van der Waals surface area contributed by atoms with E-state index in [1.807, 2.05) is 18.2 Å². The number of para-hydroxylation sites is 1. The molecule has 0 unspecified atom stereocenters. The second-order valence-electron chi connectivity index (χ2n) is 6.99. The molecule has 1 amide bonds. The summed E-state index contributed by atoms with van der Waals surface area (Å²) < 4.78 is 37.9. The smallest absolute Gasteiger partial charge is 0.248 e. The Morgan fingerprint density at radius 3 is 2.67 bits per heavy atom. The Morgan fingerprint density at radius 2 is 1.90 bits per heavy atom. The van der Waals surface area contributed by atoms with E-state index >= 15 is 0 Å².